The average molecular weight is 345 g/mol. The second kappa shape index (κ2) is 6.76. The van der Waals surface area contributed by atoms with Gasteiger partial charge < -0.3 is 4.42 Å². The highest BCUT2D eigenvalue weighted by Crippen LogP contribution is 2.22. The van der Waals surface area contributed by atoms with Crippen LogP contribution in [0.3, 0.4) is 0 Å². The number of fused-ring (bicyclic) bond motifs is 1. The molecule has 0 saturated heterocycles. The van der Waals surface area contributed by atoms with Crippen LogP contribution in [0.25, 0.3) is 11.0 Å². The van der Waals surface area contributed by atoms with Crippen molar-refractivity contribution in [2.24, 2.45) is 0 Å². The van der Waals surface area contributed by atoms with Gasteiger partial charge in [-0.25, -0.2) is 8.42 Å². The van der Waals surface area contributed by atoms with Gasteiger partial charge in [-0.1, -0.05) is 61.2 Å². The molecule has 6 heteroatoms. The summed E-state index contributed by atoms with van der Waals surface area (Å²) in [4.78, 5) is 7.24. The molecule has 0 saturated carbocycles. The second-order valence-electron chi connectivity index (χ2n) is 5.87. The van der Waals surface area contributed by atoms with Gasteiger partial charge in [0, 0.05) is 11.5 Å². The summed E-state index contributed by atoms with van der Waals surface area (Å²) in [6.07, 6.45) is 0. The maximum absolute atomic E-state index is 12.2. The van der Waals surface area contributed by atoms with Gasteiger partial charge in [0.05, 0.1) is 6.61 Å². The monoisotopic (exact) mass is 345 g/mol. The number of hydrogen-bond donors (Lipinski definition) is 1. The highest BCUT2D eigenvalue weighted by Gasteiger charge is 2.19. The average Bonchev–Trinajstić information content (AvgIpc) is 3.00. The third-order valence-corrected chi connectivity index (χ3v) is 4.79. The summed E-state index contributed by atoms with van der Waals surface area (Å²) < 4.78 is 29.8. The van der Waals surface area contributed by atoms with Crippen LogP contribution in [-0.2, 0) is 21.5 Å². The molecule has 0 radical (unpaired) electrons. The molecule has 126 valence electrons. The number of nitrogens with one attached hydrogen (secondary N) is 1. The van der Waals surface area contributed by atoms with Crippen LogP contribution in [0.4, 0.5) is 0 Å². The van der Waals surface area contributed by atoms with E-state index in [0.717, 1.165) is 10.9 Å². The number of para-hydroxylation sites is 1. The van der Waals surface area contributed by atoms with Crippen LogP contribution < -0.4 is 4.89 Å². The van der Waals surface area contributed by atoms with Crippen LogP contribution >= 0.6 is 0 Å². The first-order valence-corrected chi connectivity index (χ1v) is 9.15. The third kappa shape index (κ3) is 3.67. The van der Waals surface area contributed by atoms with E-state index in [4.69, 9.17) is 9.25 Å². The van der Waals surface area contributed by atoms with Crippen LogP contribution in [0.5, 0.6) is 0 Å². The quantitative estimate of drug-likeness (QED) is 0.687. The molecule has 0 aliphatic rings. The van der Waals surface area contributed by atoms with Gasteiger partial charge in [0.25, 0.3) is 10.0 Å². The van der Waals surface area contributed by atoms with Crippen molar-refractivity contribution in [3.8, 4) is 0 Å². The maximum atomic E-state index is 12.2. The van der Waals surface area contributed by atoms with Crippen molar-refractivity contribution in [3.05, 3.63) is 65.7 Å². The smallest absolute Gasteiger partial charge is 0.295 e. The molecule has 0 amide bonds. The van der Waals surface area contributed by atoms with Crippen LogP contribution in [0.2, 0.25) is 0 Å². The van der Waals surface area contributed by atoms with Crippen LogP contribution in [0, 0.1) is 0 Å². The predicted octanol–water partition coefficient (Wildman–Crippen LogP) is 3.97. The SMILES string of the molecule is CC(C)c1ccc(CONS(=O)(=O)c2cc3ccccc3o2)cc1. The minimum atomic E-state index is -3.85. The molecular weight excluding hydrogens is 326 g/mol. The zero-order valence-electron chi connectivity index (χ0n) is 13.5. The third-order valence-electron chi connectivity index (χ3n) is 3.72. The summed E-state index contributed by atoms with van der Waals surface area (Å²) in [7, 11) is -3.85. The molecule has 0 bridgehead atoms. The normalized spacial score (nSPS) is 12.1. The molecular formula is C18H19NO4S. The molecule has 1 aromatic heterocycles. The Balaban J connectivity index is 1.64. The van der Waals surface area contributed by atoms with E-state index in [-0.39, 0.29) is 11.7 Å². The molecule has 0 atom stereocenters. The first kappa shape index (κ1) is 16.7. The fourth-order valence-electron chi connectivity index (χ4n) is 2.32. The fourth-order valence-corrected chi connectivity index (χ4v) is 3.10. The summed E-state index contributed by atoms with van der Waals surface area (Å²) in [5.74, 6) is 0.451. The molecule has 24 heavy (non-hydrogen) atoms. The Bertz CT molecular complexity index is 894. The summed E-state index contributed by atoms with van der Waals surface area (Å²) in [6.45, 7) is 4.37. The van der Waals surface area contributed by atoms with Crippen molar-refractivity contribution in [1.82, 2.24) is 4.89 Å². The number of benzene rings is 2. The highest BCUT2D eigenvalue weighted by atomic mass is 32.2. The molecule has 5 nitrogen and oxygen atoms in total. The minimum absolute atomic E-state index is 0.137. The largest absolute Gasteiger partial charge is 0.443 e. The highest BCUT2D eigenvalue weighted by molar-refractivity contribution is 7.89. The van der Waals surface area contributed by atoms with Crippen molar-refractivity contribution in [1.29, 1.82) is 0 Å². The lowest BCUT2D eigenvalue weighted by Crippen LogP contribution is -2.23. The molecule has 0 aliphatic carbocycles. The zero-order valence-corrected chi connectivity index (χ0v) is 14.3. The van der Waals surface area contributed by atoms with E-state index < -0.39 is 10.0 Å². The molecule has 2 aromatic carbocycles. The Morgan fingerprint density at radius 3 is 2.46 bits per heavy atom. The molecule has 0 unspecified atom stereocenters. The zero-order chi connectivity index (χ0) is 17.2. The summed E-state index contributed by atoms with van der Waals surface area (Å²) in [5, 5.41) is 0.556. The van der Waals surface area contributed by atoms with Crippen LogP contribution in [0.15, 0.2) is 64.1 Å². The van der Waals surface area contributed by atoms with Crippen LogP contribution in [0.1, 0.15) is 30.9 Å². The van der Waals surface area contributed by atoms with E-state index in [1.54, 1.807) is 18.2 Å². The van der Waals surface area contributed by atoms with Gasteiger partial charge in [0.15, 0.2) is 0 Å². The topological polar surface area (TPSA) is 68.5 Å². The van der Waals surface area contributed by atoms with E-state index >= 15 is 0 Å². The number of furan rings is 1. The van der Waals surface area contributed by atoms with Crippen molar-refractivity contribution in [2.75, 3.05) is 0 Å². The van der Waals surface area contributed by atoms with Crippen molar-refractivity contribution in [2.45, 2.75) is 31.5 Å². The van der Waals surface area contributed by atoms with Gasteiger partial charge >= 0.3 is 0 Å². The Kier molecular flexibility index (Phi) is 4.71. The second-order valence-corrected chi connectivity index (χ2v) is 7.45. The predicted molar refractivity (Wildman–Crippen MR) is 91.9 cm³/mol. The molecule has 0 spiro atoms. The standard InChI is InChI=1S/C18H19NO4S/c1-13(2)15-9-7-14(8-10-15)12-22-19-24(20,21)18-11-16-5-3-4-6-17(16)23-18/h3-11,13,19H,12H2,1-2H3. The first-order chi connectivity index (χ1) is 11.5. The van der Waals surface area contributed by atoms with E-state index in [1.807, 2.05) is 30.3 Å². The summed E-state index contributed by atoms with van der Waals surface area (Å²) in [6, 6.07) is 16.4. The van der Waals surface area contributed by atoms with Crippen LogP contribution in [-0.4, -0.2) is 8.42 Å². The van der Waals surface area contributed by atoms with E-state index in [0.29, 0.717) is 11.5 Å². The molecule has 1 heterocycles. The minimum Gasteiger partial charge on any atom is -0.443 e. The first-order valence-electron chi connectivity index (χ1n) is 7.67. The molecule has 1 N–H and O–H groups in total. The number of hydrogen-bond acceptors (Lipinski definition) is 4. The lowest BCUT2D eigenvalue weighted by Gasteiger charge is -2.08. The lowest BCUT2D eigenvalue weighted by atomic mass is 10.0. The number of rotatable bonds is 6. The number of sulfonamides is 1. The van der Waals surface area contributed by atoms with E-state index in [9.17, 15) is 8.42 Å². The van der Waals surface area contributed by atoms with E-state index in [1.165, 1.54) is 11.6 Å². The summed E-state index contributed by atoms with van der Waals surface area (Å²) in [5.41, 5.74) is 2.62. The van der Waals surface area contributed by atoms with Gasteiger partial charge in [0.1, 0.15) is 5.58 Å². The van der Waals surface area contributed by atoms with Gasteiger partial charge in [-0.05, 0) is 23.1 Å². The van der Waals surface area contributed by atoms with Crippen molar-refractivity contribution >= 4 is 21.0 Å². The molecule has 0 fully saturated rings. The van der Waals surface area contributed by atoms with E-state index in [2.05, 4.69) is 18.7 Å². The Hall–Kier alpha value is -2.15. The van der Waals surface area contributed by atoms with Gasteiger partial charge in [-0.3, -0.25) is 4.84 Å². The molecule has 0 aliphatic heterocycles. The summed E-state index contributed by atoms with van der Waals surface area (Å²) >= 11 is 0. The maximum Gasteiger partial charge on any atom is 0.295 e. The van der Waals surface area contributed by atoms with Crippen molar-refractivity contribution < 1.29 is 17.7 Å². The van der Waals surface area contributed by atoms with Gasteiger partial charge in [-0.15, -0.1) is 0 Å². The lowest BCUT2D eigenvalue weighted by molar-refractivity contribution is 0.0785. The Morgan fingerprint density at radius 2 is 1.79 bits per heavy atom. The Morgan fingerprint density at radius 1 is 1.08 bits per heavy atom. The molecule has 3 aromatic rings. The Labute approximate surface area is 141 Å². The van der Waals surface area contributed by atoms with Gasteiger partial charge in [-0.2, -0.15) is 0 Å². The van der Waals surface area contributed by atoms with Crippen molar-refractivity contribution in [3.63, 3.8) is 0 Å². The fraction of sp³-hybridized carbons (Fsp3) is 0.222. The van der Waals surface area contributed by atoms with Gasteiger partial charge in [0.2, 0.25) is 5.09 Å². The molecule has 3 rings (SSSR count).